The van der Waals surface area contributed by atoms with Gasteiger partial charge in [0.25, 0.3) is 17.4 Å². The smallest absolute Gasteiger partial charge is 0.275 e. The molecule has 34 heavy (non-hydrogen) atoms. The topological polar surface area (TPSA) is 112 Å². The second-order valence-electron chi connectivity index (χ2n) is 7.76. The van der Waals surface area contributed by atoms with Gasteiger partial charge in [-0.3, -0.25) is 9.78 Å². The number of aromatic nitrogens is 4. The Morgan fingerprint density at radius 3 is 2.76 bits per heavy atom. The number of aryl methyl sites for hydroxylation is 3. The summed E-state index contributed by atoms with van der Waals surface area (Å²) in [6, 6.07) is 9.45. The molecule has 0 atom stereocenters. The van der Waals surface area contributed by atoms with Crippen LogP contribution in [0.15, 0.2) is 75.7 Å². The molecule has 0 saturated carbocycles. The van der Waals surface area contributed by atoms with E-state index in [1.807, 2.05) is 44.2 Å². The number of halogens is 1. The van der Waals surface area contributed by atoms with E-state index in [4.69, 9.17) is 21.9 Å². The summed E-state index contributed by atoms with van der Waals surface area (Å²) >= 11 is 5.88. The van der Waals surface area contributed by atoms with Crippen LogP contribution in [0.1, 0.15) is 17.1 Å². The molecule has 0 fully saturated rings. The predicted molar refractivity (Wildman–Crippen MR) is 136 cm³/mol. The predicted octanol–water partition coefficient (Wildman–Crippen LogP) is 4.95. The number of pyridine rings is 2. The molecular weight excluding hydrogens is 452 g/mol. The maximum Gasteiger partial charge on any atom is 0.275 e. The number of nitrogens with one attached hydrogen (secondary N) is 1. The van der Waals surface area contributed by atoms with Gasteiger partial charge in [-0.25, -0.2) is 0 Å². The van der Waals surface area contributed by atoms with Gasteiger partial charge in [-0.05, 0) is 66.5 Å². The van der Waals surface area contributed by atoms with Crippen LogP contribution in [-0.2, 0) is 7.05 Å². The molecule has 4 aromatic rings. The van der Waals surface area contributed by atoms with Crippen molar-refractivity contribution in [1.29, 1.82) is 0 Å². The van der Waals surface area contributed by atoms with Gasteiger partial charge >= 0.3 is 0 Å². The molecule has 9 heteroatoms. The molecule has 1 aromatic carbocycles. The number of nitrogens with zero attached hydrogens (tertiary/aromatic N) is 4. The molecule has 8 nitrogen and oxygen atoms in total. The van der Waals surface area contributed by atoms with E-state index >= 15 is 0 Å². The Hall–Kier alpha value is -4.17. The van der Waals surface area contributed by atoms with Crippen LogP contribution < -0.4 is 16.6 Å². The van der Waals surface area contributed by atoms with Gasteiger partial charge in [-0.1, -0.05) is 30.3 Å². The second-order valence-corrected chi connectivity index (χ2v) is 8.20. The first-order valence-corrected chi connectivity index (χ1v) is 10.8. The summed E-state index contributed by atoms with van der Waals surface area (Å²) < 4.78 is 6.87. The third-order valence-corrected chi connectivity index (χ3v) is 5.60. The lowest BCUT2D eigenvalue weighted by atomic mass is 9.99. The zero-order valence-corrected chi connectivity index (χ0v) is 19.7. The number of hydrogen-bond donors (Lipinski definition) is 2. The van der Waals surface area contributed by atoms with Crippen LogP contribution in [-0.4, -0.2) is 19.7 Å². The van der Waals surface area contributed by atoms with Gasteiger partial charge in [0, 0.05) is 40.6 Å². The molecule has 0 bridgehead atoms. The Morgan fingerprint density at radius 1 is 1.21 bits per heavy atom. The van der Waals surface area contributed by atoms with Crippen molar-refractivity contribution in [3.8, 4) is 11.1 Å². The minimum atomic E-state index is -0.0932. The van der Waals surface area contributed by atoms with E-state index < -0.39 is 0 Å². The molecule has 0 unspecified atom stereocenters. The lowest BCUT2D eigenvalue weighted by molar-refractivity contribution is 0.408. The van der Waals surface area contributed by atoms with Crippen LogP contribution in [0, 0.1) is 13.8 Å². The largest absolute Gasteiger partial charge is 0.394 e. The van der Waals surface area contributed by atoms with E-state index in [9.17, 15) is 4.79 Å². The fraction of sp³-hybridized carbons (Fsp3) is 0.120. The Balaban J connectivity index is 1.68. The summed E-state index contributed by atoms with van der Waals surface area (Å²) in [5.74, 6) is 0.372. The third-order valence-electron chi connectivity index (χ3n) is 5.32. The average Bonchev–Trinajstić information content (AvgIpc) is 3.30. The Kier molecular flexibility index (Phi) is 6.34. The number of rotatable bonds is 6. The molecular formula is C25H23ClN6O2. The van der Waals surface area contributed by atoms with Crippen LogP contribution in [0.4, 0.5) is 11.6 Å². The molecule has 3 aromatic heterocycles. The van der Waals surface area contributed by atoms with E-state index in [0.717, 1.165) is 27.7 Å². The molecule has 0 aliphatic rings. The van der Waals surface area contributed by atoms with Gasteiger partial charge in [-0.15, -0.1) is 0 Å². The van der Waals surface area contributed by atoms with Crippen molar-refractivity contribution >= 4 is 39.8 Å². The average molecular weight is 475 g/mol. The molecule has 0 amide bonds. The highest BCUT2D eigenvalue weighted by Crippen LogP contribution is 2.28. The third kappa shape index (κ3) is 4.62. The maximum absolute atomic E-state index is 13.2. The molecule has 0 spiro atoms. The fourth-order valence-electron chi connectivity index (χ4n) is 3.48. The molecule has 172 valence electrons. The molecule has 4 rings (SSSR count). The van der Waals surface area contributed by atoms with Gasteiger partial charge in [0.1, 0.15) is 0 Å². The Bertz CT molecular complexity index is 1530. The first-order valence-electron chi connectivity index (χ1n) is 10.4. The number of fused-ring (bicyclic) bond motifs is 1. The van der Waals surface area contributed by atoms with Crippen LogP contribution >= 0.6 is 11.6 Å². The highest BCUT2D eigenvalue weighted by Gasteiger charge is 2.14. The number of allylic oxidation sites excluding steroid dienone is 4. The summed E-state index contributed by atoms with van der Waals surface area (Å²) in [4.78, 5) is 21.8. The minimum Gasteiger partial charge on any atom is -0.394 e. The van der Waals surface area contributed by atoms with E-state index in [1.165, 1.54) is 6.08 Å². The van der Waals surface area contributed by atoms with Crippen LogP contribution in [0.3, 0.4) is 0 Å². The number of hydrogen-bond acceptors (Lipinski definition) is 7. The van der Waals surface area contributed by atoms with Crippen molar-refractivity contribution in [3.63, 3.8) is 0 Å². The van der Waals surface area contributed by atoms with Crippen molar-refractivity contribution in [1.82, 2.24) is 19.7 Å². The first kappa shape index (κ1) is 23.0. The van der Waals surface area contributed by atoms with Crippen LogP contribution in [0.2, 0.25) is 0 Å². The molecule has 0 radical (unpaired) electrons. The molecule has 0 saturated heterocycles. The lowest BCUT2D eigenvalue weighted by Gasteiger charge is -2.12. The maximum atomic E-state index is 13.2. The summed E-state index contributed by atoms with van der Waals surface area (Å²) in [5.41, 5.74) is 10.8. The van der Waals surface area contributed by atoms with Crippen LogP contribution in [0.5, 0.6) is 0 Å². The summed E-state index contributed by atoms with van der Waals surface area (Å²) in [6.45, 7) is 7.42. The second kappa shape index (κ2) is 9.36. The van der Waals surface area contributed by atoms with Crippen molar-refractivity contribution < 1.29 is 4.52 Å². The standard InChI is InChI=1S/C25H23ClN6O2/c1-5-17(26)7-9-21(27)23-30-25(31-34-23)29-18-8-6-14(2)19(12-18)20-11-16-13-28-15(3)10-22(16)32(4)24(20)33/h5-13H,1,27H2,2-4H3,(H,29,31)/b17-7+,21-9-. The monoisotopic (exact) mass is 474 g/mol. The number of nitrogens with two attached hydrogens (primary N) is 1. The summed E-state index contributed by atoms with van der Waals surface area (Å²) in [5, 5.41) is 8.33. The van der Waals surface area contributed by atoms with E-state index in [1.54, 1.807) is 30.0 Å². The van der Waals surface area contributed by atoms with Crippen molar-refractivity contribution in [3.05, 3.63) is 93.9 Å². The van der Waals surface area contributed by atoms with Gasteiger partial charge in [-0.2, -0.15) is 4.98 Å². The molecule has 3 N–H and O–H groups in total. The Morgan fingerprint density at radius 2 is 2.00 bits per heavy atom. The quantitative estimate of drug-likeness (QED) is 0.380. The molecule has 0 aliphatic heterocycles. The van der Waals surface area contributed by atoms with Crippen molar-refractivity contribution in [2.45, 2.75) is 13.8 Å². The zero-order chi connectivity index (χ0) is 24.4. The van der Waals surface area contributed by atoms with E-state index in [0.29, 0.717) is 16.3 Å². The number of benzene rings is 1. The highest BCUT2D eigenvalue weighted by molar-refractivity contribution is 6.31. The fourth-order valence-corrected chi connectivity index (χ4v) is 3.54. The number of anilines is 2. The van der Waals surface area contributed by atoms with Gasteiger partial charge in [0.05, 0.1) is 11.2 Å². The molecule has 3 heterocycles. The SMILES string of the molecule is C=C/C(Cl)=C\C=C(/N)c1nc(Nc2ccc(C)c(-c3cc4cnc(C)cc4n(C)c3=O)c2)no1. The van der Waals surface area contributed by atoms with E-state index in [-0.39, 0.29) is 23.1 Å². The lowest BCUT2D eigenvalue weighted by Crippen LogP contribution is -2.19. The van der Waals surface area contributed by atoms with Gasteiger partial charge in [0.15, 0.2) is 0 Å². The summed E-state index contributed by atoms with van der Waals surface area (Å²) in [7, 11) is 1.77. The Labute approximate surface area is 201 Å². The summed E-state index contributed by atoms with van der Waals surface area (Å²) in [6.07, 6.45) is 6.40. The van der Waals surface area contributed by atoms with Crippen LogP contribution in [0.25, 0.3) is 27.7 Å². The van der Waals surface area contributed by atoms with Crippen molar-refractivity contribution in [2.24, 2.45) is 12.8 Å². The highest BCUT2D eigenvalue weighted by atomic mass is 35.5. The first-order chi connectivity index (χ1) is 16.3. The van der Waals surface area contributed by atoms with Gasteiger partial charge in [0.2, 0.25) is 0 Å². The normalized spacial score (nSPS) is 12.2. The molecule has 0 aliphatic carbocycles. The van der Waals surface area contributed by atoms with Crippen molar-refractivity contribution in [2.75, 3.05) is 5.32 Å². The van der Waals surface area contributed by atoms with Gasteiger partial charge < -0.3 is 20.1 Å². The van der Waals surface area contributed by atoms with E-state index in [2.05, 4.69) is 27.0 Å². The zero-order valence-electron chi connectivity index (χ0n) is 19.0. The minimum absolute atomic E-state index is 0.0932.